The molecule has 0 aliphatic carbocycles. The van der Waals surface area contributed by atoms with E-state index < -0.39 is 12.1 Å². The summed E-state index contributed by atoms with van der Waals surface area (Å²) in [7, 11) is 0. The topological polar surface area (TPSA) is 69.6 Å². The number of aliphatic hydroxyl groups is 2. The van der Waals surface area contributed by atoms with E-state index in [0.29, 0.717) is 6.42 Å². The van der Waals surface area contributed by atoms with Gasteiger partial charge in [0.1, 0.15) is 0 Å². The lowest BCUT2D eigenvalue weighted by Crippen LogP contribution is -2.45. The second-order valence-electron chi connectivity index (χ2n) is 13.0. The Morgan fingerprint density at radius 2 is 0.933 bits per heavy atom. The third-order valence-electron chi connectivity index (χ3n) is 8.53. The van der Waals surface area contributed by atoms with Crippen LogP contribution in [-0.2, 0) is 4.79 Å². The van der Waals surface area contributed by atoms with Crippen LogP contribution in [0.2, 0.25) is 0 Å². The summed E-state index contributed by atoms with van der Waals surface area (Å²) < 4.78 is 0. The summed E-state index contributed by atoms with van der Waals surface area (Å²) in [5.74, 6) is -0.0896. The first-order chi connectivity index (χ1) is 22.2. The summed E-state index contributed by atoms with van der Waals surface area (Å²) in [5, 5.41) is 22.9. The zero-order valence-corrected chi connectivity index (χ0v) is 29.9. The quantitative estimate of drug-likeness (QED) is 0.0490. The van der Waals surface area contributed by atoms with Crippen LogP contribution in [0.5, 0.6) is 0 Å². The molecule has 0 saturated heterocycles. The molecule has 0 spiro atoms. The van der Waals surface area contributed by atoms with Crippen LogP contribution in [0, 0.1) is 0 Å². The average molecular weight is 630 g/mol. The largest absolute Gasteiger partial charge is 0.394 e. The fourth-order valence-corrected chi connectivity index (χ4v) is 5.52. The molecule has 0 aromatic heterocycles. The van der Waals surface area contributed by atoms with E-state index in [4.69, 9.17) is 0 Å². The molecule has 0 bridgehead atoms. The van der Waals surface area contributed by atoms with Gasteiger partial charge in [-0.05, 0) is 64.2 Å². The maximum absolute atomic E-state index is 12.3. The van der Waals surface area contributed by atoms with Gasteiger partial charge in [0, 0.05) is 6.42 Å². The van der Waals surface area contributed by atoms with Gasteiger partial charge in [-0.1, -0.05) is 165 Å². The van der Waals surface area contributed by atoms with Crippen molar-refractivity contribution in [3.8, 4) is 0 Å². The van der Waals surface area contributed by atoms with E-state index >= 15 is 0 Å². The predicted octanol–water partition coefficient (Wildman–Crippen LogP) is 11.6. The SMILES string of the molecule is CCCCCC/C=C\C/C=C\CCCCCCCC(=O)NC(CO)C(O)/C=C/CC/C=C/CCCCCCCCCCCCC. The van der Waals surface area contributed by atoms with Crippen LogP contribution >= 0.6 is 0 Å². The van der Waals surface area contributed by atoms with Crippen molar-refractivity contribution in [2.75, 3.05) is 6.61 Å². The van der Waals surface area contributed by atoms with Crippen molar-refractivity contribution >= 4 is 5.91 Å². The van der Waals surface area contributed by atoms with Crippen LogP contribution in [-0.4, -0.2) is 34.9 Å². The lowest BCUT2D eigenvalue weighted by Gasteiger charge is -2.19. The number of rotatable bonds is 34. The van der Waals surface area contributed by atoms with Crippen LogP contribution in [0.4, 0.5) is 0 Å². The number of amides is 1. The molecule has 4 nitrogen and oxygen atoms in total. The number of unbranched alkanes of at least 4 members (excludes halogenated alkanes) is 21. The molecule has 0 fully saturated rings. The standard InChI is InChI=1S/C41H75NO3/c1-3-5-7-9-11-13-15-17-19-21-22-24-26-28-30-32-34-36-40(44)39(38-43)42-41(45)37-35-33-31-29-27-25-23-20-18-16-14-12-10-8-6-4-2/h14,16,20,23,26,28,34,36,39-40,43-44H,3-13,15,17-19,21-22,24-25,27,29-33,35,37-38H2,1-2H3,(H,42,45)/b16-14-,23-20-,28-26+,36-34+. The van der Waals surface area contributed by atoms with Crippen LogP contribution in [0.25, 0.3) is 0 Å². The molecule has 0 rings (SSSR count). The van der Waals surface area contributed by atoms with Crippen molar-refractivity contribution in [3.05, 3.63) is 48.6 Å². The summed E-state index contributed by atoms with van der Waals surface area (Å²) in [5.41, 5.74) is 0. The zero-order chi connectivity index (χ0) is 32.9. The molecule has 0 saturated carbocycles. The Morgan fingerprint density at radius 3 is 1.44 bits per heavy atom. The monoisotopic (exact) mass is 630 g/mol. The van der Waals surface area contributed by atoms with Crippen molar-refractivity contribution in [1.82, 2.24) is 5.32 Å². The molecule has 0 aromatic rings. The lowest BCUT2D eigenvalue weighted by atomic mass is 10.1. The minimum Gasteiger partial charge on any atom is -0.394 e. The Morgan fingerprint density at radius 1 is 0.533 bits per heavy atom. The first-order valence-corrected chi connectivity index (χ1v) is 19.4. The minimum absolute atomic E-state index is 0.0896. The van der Waals surface area contributed by atoms with Gasteiger partial charge in [0.2, 0.25) is 5.91 Å². The van der Waals surface area contributed by atoms with E-state index in [0.717, 1.165) is 51.4 Å². The molecule has 0 aliphatic heterocycles. The molecule has 2 atom stereocenters. The van der Waals surface area contributed by atoms with Crippen molar-refractivity contribution in [2.45, 2.75) is 199 Å². The molecule has 1 amide bonds. The number of carbonyl (C=O) groups excluding carboxylic acids is 1. The maximum Gasteiger partial charge on any atom is 0.220 e. The maximum atomic E-state index is 12.3. The summed E-state index contributed by atoms with van der Waals surface area (Å²) in [6, 6.07) is -0.645. The Balaban J connectivity index is 3.70. The van der Waals surface area contributed by atoms with Crippen molar-refractivity contribution in [1.29, 1.82) is 0 Å². The Hall–Kier alpha value is -1.65. The van der Waals surface area contributed by atoms with E-state index in [1.807, 2.05) is 6.08 Å². The van der Waals surface area contributed by atoms with Gasteiger partial charge in [0.25, 0.3) is 0 Å². The number of aliphatic hydroxyl groups excluding tert-OH is 2. The molecule has 0 radical (unpaired) electrons. The highest BCUT2D eigenvalue weighted by molar-refractivity contribution is 5.76. The van der Waals surface area contributed by atoms with E-state index in [1.165, 1.54) is 116 Å². The molecule has 0 aliphatic rings. The molecule has 3 N–H and O–H groups in total. The third-order valence-corrected chi connectivity index (χ3v) is 8.53. The van der Waals surface area contributed by atoms with E-state index in [-0.39, 0.29) is 12.5 Å². The highest BCUT2D eigenvalue weighted by atomic mass is 16.3. The summed E-state index contributed by atoms with van der Waals surface area (Å²) in [6.07, 6.45) is 49.1. The van der Waals surface area contributed by atoms with Gasteiger partial charge in [-0.25, -0.2) is 0 Å². The normalized spacial score (nSPS) is 13.6. The van der Waals surface area contributed by atoms with E-state index in [9.17, 15) is 15.0 Å². The molecule has 2 unspecified atom stereocenters. The van der Waals surface area contributed by atoms with E-state index in [1.54, 1.807) is 6.08 Å². The molecule has 0 aromatic carbocycles. The van der Waals surface area contributed by atoms with Crippen molar-refractivity contribution in [3.63, 3.8) is 0 Å². The number of allylic oxidation sites excluding steroid dienone is 7. The Labute approximate surface area is 280 Å². The van der Waals surface area contributed by atoms with Gasteiger partial charge < -0.3 is 15.5 Å². The van der Waals surface area contributed by atoms with Crippen molar-refractivity contribution in [2.24, 2.45) is 0 Å². The zero-order valence-electron chi connectivity index (χ0n) is 29.9. The molecule has 0 heterocycles. The highest BCUT2D eigenvalue weighted by Gasteiger charge is 2.17. The highest BCUT2D eigenvalue weighted by Crippen LogP contribution is 2.13. The second kappa shape index (κ2) is 36.8. The first kappa shape index (κ1) is 43.4. The molecule has 262 valence electrons. The van der Waals surface area contributed by atoms with Gasteiger partial charge in [-0.2, -0.15) is 0 Å². The van der Waals surface area contributed by atoms with Gasteiger partial charge >= 0.3 is 0 Å². The Bertz CT molecular complexity index is 726. The number of carbonyl (C=O) groups is 1. The lowest BCUT2D eigenvalue weighted by molar-refractivity contribution is -0.123. The smallest absolute Gasteiger partial charge is 0.220 e. The van der Waals surface area contributed by atoms with Gasteiger partial charge in [0.05, 0.1) is 18.8 Å². The third kappa shape index (κ3) is 33.5. The van der Waals surface area contributed by atoms with Gasteiger partial charge in [-0.3, -0.25) is 4.79 Å². The minimum atomic E-state index is -0.867. The molecular weight excluding hydrogens is 554 g/mol. The van der Waals surface area contributed by atoms with Crippen LogP contribution in [0.3, 0.4) is 0 Å². The van der Waals surface area contributed by atoms with Gasteiger partial charge in [-0.15, -0.1) is 0 Å². The van der Waals surface area contributed by atoms with Crippen LogP contribution in [0.15, 0.2) is 48.6 Å². The first-order valence-electron chi connectivity index (χ1n) is 19.4. The number of hydrogen-bond acceptors (Lipinski definition) is 3. The van der Waals surface area contributed by atoms with Crippen LogP contribution < -0.4 is 5.32 Å². The number of hydrogen-bond donors (Lipinski definition) is 3. The van der Waals surface area contributed by atoms with E-state index in [2.05, 4.69) is 55.6 Å². The van der Waals surface area contributed by atoms with Gasteiger partial charge in [0.15, 0.2) is 0 Å². The Kier molecular flexibility index (Phi) is 35.5. The molecule has 45 heavy (non-hydrogen) atoms. The summed E-state index contributed by atoms with van der Waals surface area (Å²) in [6.45, 7) is 4.26. The second-order valence-corrected chi connectivity index (χ2v) is 13.0. The van der Waals surface area contributed by atoms with Crippen molar-refractivity contribution < 1.29 is 15.0 Å². The summed E-state index contributed by atoms with van der Waals surface area (Å²) >= 11 is 0. The fourth-order valence-electron chi connectivity index (χ4n) is 5.52. The summed E-state index contributed by atoms with van der Waals surface area (Å²) in [4.78, 5) is 12.3. The number of nitrogens with one attached hydrogen (secondary N) is 1. The molecular formula is C41H75NO3. The van der Waals surface area contributed by atoms with Crippen LogP contribution in [0.1, 0.15) is 187 Å². The fraction of sp³-hybridized carbons (Fsp3) is 0.780. The average Bonchev–Trinajstić information content (AvgIpc) is 3.04. The molecule has 4 heteroatoms. The predicted molar refractivity (Wildman–Crippen MR) is 198 cm³/mol.